The van der Waals surface area contributed by atoms with Crippen LogP contribution in [0.5, 0.6) is 0 Å². The van der Waals surface area contributed by atoms with Gasteiger partial charge in [0, 0.05) is 13.2 Å². The van der Waals surface area contributed by atoms with E-state index in [1.807, 2.05) is 55.5 Å². The Balaban J connectivity index is 1.82. The van der Waals surface area contributed by atoms with Gasteiger partial charge < -0.3 is 4.74 Å². The van der Waals surface area contributed by atoms with E-state index in [2.05, 4.69) is 0 Å². The van der Waals surface area contributed by atoms with E-state index in [9.17, 15) is 17.6 Å². The first-order chi connectivity index (χ1) is 16.1. The Labute approximate surface area is 199 Å². The summed E-state index contributed by atoms with van der Waals surface area (Å²) in [6.07, 6.45) is 7.32. The second-order valence-corrected chi connectivity index (χ2v) is 11.2. The van der Waals surface area contributed by atoms with Gasteiger partial charge in [-0.15, -0.1) is 0 Å². The molecule has 4 rings (SSSR count). The average Bonchev–Trinajstić information content (AvgIpc) is 2.80. The molecule has 3 aromatic carbocycles. The van der Waals surface area contributed by atoms with E-state index in [1.54, 1.807) is 12.1 Å². The molecule has 0 spiro atoms. The molecule has 0 fully saturated rings. The molecule has 4 nitrogen and oxygen atoms in total. The van der Waals surface area contributed by atoms with Gasteiger partial charge in [0.1, 0.15) is 12.4 Å². The minimum absolute atomic E-state index is 0.0707. The van der Waals surface area contributed by atoms with Gasteiger partial charge >= 0.3 is 5.97 Å². The highest BCUT2D eigenvalue weighted by molar-refractivity contribution is 7.92. The van der Waals surface area contributed by atoms with Crippen molar-refractivity contribution in [3.8, 4) is 0 Å². The van der Waals surface area contributed by atoms with Gasteiger partial charge in [-0.25, -0.2) is 12.8 Å². The molecular formula is C28H27FO4S. The summed E-state index contributed by atoms with van der Waals surface area (Å²) in [6.45, 7) is 3.28. The van der Waals surface area contributed by atoms with Gasteiger partial charge in [0.05, 0.1) is 4.75 Å². The summed E-state index contributed by atoms with van der Waals surface area (Å²) in [4.78, 5) is 11.4. The number of allylic oxidation sites excluding steroid dienone is 3. The number of sulfone groups is 1. The molecule has 1 aliphatic rings. The summed E-state index contributed by atoms with van der Waals surface area (Å²) in [5.74, 6) is -0.790. The van der Waals surface area contributed by atoms with Crippen molar-refractivity contribution in [2.45, 2.75) is 38.0 Å². The van der Waals surface area contributed by atoms with Crippen molar-refractivity contribution in [2.24, 2.45) is 0 Å². The van der Waals surface area contributed by atoms with Crippen LogP contribution in [0.2, 0.25) is 0 Å². The number of hydrogen-bond acceptors (Lipinski definition) is 4. The van der Waals surface area contributed by atoms with E-state index < -0.39 is 20.6 Å². The Hall–Kier alpha value is -3.25. The van der Waals surface area contributed by atoms with Crippen molar-refractivity contribution in [3.05, 3.63) is 101 Å². The van der Waals surface area contributed by atoms with Crippen LogP contribution in [0.15, 0.2) is 72.8 Å². The highest BCUT2D eigenvalue weighted by Gasteiger charge is 2.40. The van der Waals surface area contributed by atoms with Gasteiger partial charge in [-0.2, -0.15) is 0 Å². The lowest BCUT2D eigenvalue weighted by Gasteiger charge is -2.32. The summed E-state index contributed by atoms with van der Waals surface area (Å²) in [5.41, 5.74) is 4.30. The third-order valence-electron chi connectivity index (χ3n) is 6.59. The maximum Gasteiger partial charge on any atom is 0.302 e. The van der Waals surface area contributed by atoms with E-state index >= 15 is 0 Å². The molecule has 0 bridgehead atoms. The number of carbonyl (C=O) groups excluding carboxylic acids is 1. The molecule has 176 valence electrons. The second-order valence-electron chi connectivity index (χ2n) is 8.86. The van der Waals surface area contributed by atoms with Crippen LogP contribution in [0, 0.1) is 12.7 Å². The van der Waals surface area contributed by atoms with Crippen LogP contribution in [0.3, 0.4) is 0 Å². The predicted molar refractivity (Wildman–Crippen MR) is 134 cm³/mol. The summed E-state index contributed by atoms with van der Waals surface area (Å²) in [6, 6.07) is 16.2. The molecule has 0 radical (unpaired) electrons. The molecule has 0 saturated heterocycles. The van der Waals surface area contributed by atoms with Gasteiger partial charge in [0.25, 0.3) is 0 Å². The Morgan fingerprint density at radius 1 is 1.12 bits per heavy atom. The molecule has 34 heavy (non-hydrogen) atoms. The number of halogens is 1. The molecule has 1 unspecified atom stereocenters. The maximum atomic E-state index is 14.2. The van der Waals surface area contributed by atoms with E-state index in [-0.39, 0.29) is 18.8 Å². The predicted octanol–water partition coefficient (Wildman–Crippen LogP) is 5.72. The third-order valence-corrected chi connectivity index (χ3v) is 8.52. The Morgan fingerprint density at radius 3 is 2.47 bits per heavy atom. The monoisotopic (exact) mass is 478 g/mol. The molecule has 0 aromatic heterocycles. The van der Waals surface area contributed by atoms with Gasteiger partial charge in [0.15, 0.2) is 9.84 Å². The summed E-state index contributed by atoms with van der Waals surface area (Å²) < 4.78 is 44.6. The average molecular weight is 479 g/mol. The van der Waals surface area contributed by atoms with Crippen LogP contribution < -0.4 is 0 Å². The van der Waals surface area contributed by atoms with Crippen molar-refractivity contribution in [1.29, 1.82) is 0 Å². The van der Waals surface area contributed by atoms with Crippen molar-refractivity contribution in [1.82, 2.24) is 0 Å². The smallest absolute Gasteiger partial charge is 0.302 e. The van der Waals surface area contributed by atoms with E-state index in [0.717, 1.165) is 33.2 Å². The van der Waals surface area contributed by atoms with E-state index in [0.29, 0.717) is 11.8 Å². The lowest BCUT2D eigenvalue weighted by molar-refractivity contribution is -0.142. The number of fused-ring (bicyclic) bond motifs is 1. The molecule has 1 aliphatic carbocycles. The number of benzene rings is 3. The fraction of sp³-hybridized carbons (Fsp3) is 0.250. The molecule has 0 N–H and O–H groups in total. The summed E-state index contributed by atoms with van der Waals surface area (Å²) in [7, 11) is -3.54. The van der Waals surface area contributed by atoms with Crippen molar-refractivity contribution >= 4 is 32.2 Å². The van der Waals surface area contributed by atoms with E-state index in [4.69, 9.17) is 4.74 Å². The number of rotatable bonds is 6. The van der Waals surface area contributed by atoms with Crippen molar-refractivity contribution in [3.63, 3.8) is 0 Å². The highest BCUT2D eigenvalue weighted by atomic mass is 32.2. The van der Waals surface area contributed by atoms with Crippen LogP contribution in [0.1, 0.15) is 35.6 Å². The Kier molecular flexibility index (Phi) is 6.45. The fourth-order valence-electron chi connectivity index (χ4n) is 4.51. The quantitative estimate of drug-likeness (QED) is 0.425. The van der Waals surface area contributed by atoms with Crippen LogP contribution in [-0.2, 0) is 32.4 Å². The second kappa shape index (κ2) is 9.18. The van der Waals surface area contributed by atoms with E-state index in [1.165, 1.54) is 25.3 Å². The first-order valence-corrected chi connectivity index (χ1v) is 13.0. The summed E-state index contributed by atoms with van der Waals surface area (Å²) >= 11 is 0. The summed E-state index contributed by atoms with van der Waals surface area (Å²) in [5, 5.41) is 1.44. The Bertz CT molecular complexity index is 1420. The fourth-order valence-corrected chi connectivity index (χ4v) is 5.61. The van der Waals surface area contributed by atoms with Crippen molar-refractivity contribution < 1.29 is 22.3 Å². The normalized spacial score (nSPS) is 18.1. The zero-order valence-electron chi connectivity index (χ0n) is 19.5. The van der Waals surface area contributed by atoms with Gasteiger partial charge in [-0.3, -0.25) is 4.79 Å². The lowest BCUT2D eigenvalue weighted by atomic mass is 9.84. The number of hydrogen-bond donors (Lipinski definition) is 0. The molecule has 0 amide bonds. The third kappa shape index (κ3) is 4.68. The van der Waals surface area contributed by atoms with Gasteiger partial charge in [-0.05, 0) is 76.6 Å². The van der Waals surface area contributed by atoms with Crippen LogP contribution >= 0.6 is 0 Å². The van der Waals surface area contributed by atoms with Crippen LogP contribution in [0.25, 0.3) is 16.3 Å². The molecule has 0 saturated carbocycles. The van der Waals surface area contributed by atoms with Crippen LogP contribution in [0.4, 0.5) is 4.39 Å². The molecule has 3 aromatic rings. The minimum atomic E-state index is -3.54. The van der Waals surface area contributed by atoms with Gasteiger partial charge in [0.2, 0.25) is 0 Å². The minimum Gasteiger partial charge on any atom is -0.461 e. The first-order valence-electron chi connectivity index (χ1n) is 11.1. The Morgan fingerprint density at radius 2 is 1.85 bits per heavy atom. The lowest BCUT2D eigenvalue weighted by Crippen LogP contribution is -2.39. The van der Waals surface area contributed by atoms with Crippen LogP contribution in [-0.4, -0.2) is 25.4 Å². The number of ether oxygens (including phenoxy) is 1. The number of carbonyl (C=O) groups is 1. The van der Waals surface area contributed by atoms with Gasteiger partial charge in [-0.1, -0.05) is 54.6 Å². The molecule has 0 aliphatic heterocycles. The zero-order chi connectivity index (χ0) is 24.5. The highest BCUT2D eigenvalue weighted by Crippen LogP contribution is 2.38. The molecular weight excluding hydrogens is 451 g/mol. The zero-order valence-corrected chi connectivity index (χ0v) is 20.3. The first kappa shape index (κ1) is 23.9. The largest absolute Gasteiger partial charge is 0.461 e. The molecule has 0 heterocycles. The molecule has 6 heteroatoms. The maximum absolute atomic E-state index is 14.2. The SMILES string of the molecule is CC(=O)OCc1cc2ccc(F)cc2c(CC2(S(C)(=O)=O)C=CC(c3ccccc3)=CC2)c1C. The van der Waals surface area contributed by atoms with Crippen molar-refractivity contribution in [2.75, 3.05) is 6.26 Å². The molecule has 1 atom stereocenters. The number of esters is 1. The standard InChI is InChI=1S/C28H27FO4S/c1-19-24(18-33-20(2)30)15-23-9-10-25(29)16-26(23)27(19)17-28(34(3,31)32)13-11-22(12-14-28)21-7-5-4-6-8-21/h4-13,15-16H,14,17-18H2,1-3H3. The topological polar surface area (TPSA) is 60.4 Å².